The normalized spacial score (nSPS) is 21.6. The Kier molecular flexibility index (Phi) is 5.65. The minimum atomic E-state index is -1.02. The molecule has 0 bridgehead atoms. The highest BCUT2D eigenvalue weighted by Crippen LogP contribution is 2.22. The van der Waals surface area contributed by atoms with Crippen LogP contribution in [0, 0.1) is 0 Å². The van der Waals surface area contributed by atoms with Crippen molar-refractivity contribution in [1.82, 2.24) is 4.90 Å². The number of carbonyl (C=O) groups is 2. The van der Waals surface area contributed by atoms with Gasteiger partial charge in [-0.3, -0.25) is 4.79 Å². The fraction of sp³-hybridized carbons (Fsp3) is 0.579. The van der Waals surface area contributed by atoms with E-state index in [1.165, 1.54) is 5.56 Å². The van der Waals surface area contributed by atoms with Crippen LogP contribution < -0.4 is 0 Å². The Balaban J connectivity index is 1.91. The first-order chi connectivity index (χ1) is 11.2. The van der Waals surface area contributed by atoms with Crippen LogP contribution in [0.5, 0.6) is 0 Å². The molecule has 0 spiro atoms. The van der Waals surface area contributed by atoms with E-state index in [4.69, 9.17) is 9.84 Å². The summed E-state index contributed by atoms with van der Waals surface area (Å²) in [6.07, 6.45) is -0.139. The van der Waals surface area contributed by atoms with Gasteiger partial charge in [-0.2, -0.15) is 0 Å². The van der Waals surface area contributed by atoms with Crippen molar-refractivity contribution in [2.75, 3.05) is 13.1 Å². The Morgan fingerprint density at radius 3 is 2.38 bits per heavy atom. The second-order valence-corrected chi connectivity index (χ2v) is 7.52. The molecule has 1 N–H and O–H groups in total. The van der Waals surface area contributed by atoms with Crippen molar-refractivity contribution in [3.05, 3.63) is 35.4 Å². The predicted octanol–water partition coefficient (Wildman–Crippen LogP) is 2.62. The van der Waals surface area contributed by atoms with Crippen molar-refractivity contribution in [1.29, 1.82) is 0 Å². The molecule has 1 unspecified atom stereocenters. The Hall–Kier alpha value is -1.88. The van der Waals surface area contributed by atoms with Gasteiger partial charge < -0.3 is 14.7 Å². The molecule has 0 aromatic heterocycles. The van der Waals surface area contributed by atoms with Crippen LogP contribution in [0.2, 0.25) is 0 Å². The fourth-order valence-electron chi connectivity index (χ4n) is 2.87. The number of hydrogen-bond donors (Lipinski definition) is 1. The molecule has 2 atom stereocenters. The van der Waals surface area contributed by atoms with Crippen molar-refractivity contribution in [2.45, 2.75) is 58.2 Å². The van der Waals surface area contributed by atoms with Crippen molar-refractivity contribution < 1.29 is 19.4 Å². The third kappa shape index (κ3) is 4.81. The molecule has 1 aromatic carbocycles. The van der Waals surface area contributed by atoms with Gasteiger partial charge in [0.15, 0.2) is 6.10 Å². The minimum Gasteiger partial charge on any atom is -0.479 e. The van der Waals surface area contributed by atoms with Crippen LogP contribution in [0.15, 0.2) is 24.3 Å². The molecule has 1 aliphatic rings. The Morgan fingerprint density at radius 2 is 1.83 bits per heavy atom. The van der Waals surface area contributed by atoms with E-state index < -0.39 is 12.1 Å². The highest BCUT2D eigenvalue weighted by molar-refractivity contribution is 5.79. The number of aryl methyl sites for hydroxylation is 1. The second kappa shape index (κ2) is 7.34. The highest BCUT2D eigenvalue weighted by atomic mass is 16.5. The Labute approximate surface area is 143 Å². The van der Waals surface area contributed by atoms with Crippen LogP contribution in [0.1, 0.15) is 45.2 Å². The highest BCUT2D eigenvalue weighted by Gasteiger charge is 2.32. The van der Waals surface area contributed by atoms with Gasteiger partial charge in [0, 0.05) is 13.0 Å². The lowest BCUT2D eigenvalue weighted by molar-refractivity contribution is -0.166. The largest absolute Gasteiger partial charge is 0.479 e. The zero-order chi connectivity index (χ0) is 17.9. The first-order valence-corrected chi connectivity index (χ1v) is 8.42. The molecule has 1 aromatic rings. The molecule has 0 radical (unpaired) electrons. The average molecular weight is 333 g/mol. The SMILES string of the molecule is C[C@@H]1CN(C(=O)CCc2ccc(C(C)(C)C)cc2)CC(C(=O)O)O1. The maximum atomic E-state index is 12.4. The number of benzene rings is 1. The summed E-state index contributed by atoms with van der Waals surface area (Å²) in [4.78, 5) is 25.1. The van der Waals surface area contributed by atoms with Gasteiger partial charge in [-0.1, -0.05) is 45.0 Å². The van der Waals surface area contributed by atoms with E-state index in [9.17, 15) is 9.59 Å². The summed E-state index contributed by atoms with van der Waals surface area (Å²) < 4.78 is 5.34. The van der Waals surface area contributed by atoms with Gasteiger partial charge in [0.1, 0.15) is 0 Å². The molecule has 24 heavy (non-hydrogen) atoms. The summed E-state index contributed by atoms with van der Waals surface area (Å²) in [5.74, 6) is -1.03. The molecule has 0 saturated carbocycles. The van der Waals surface area contributed by atoms with Gasteiger partial charge in [0.25, 0.3) is 0 Å². The van der Waals surface area contributed by atoms with Gasteiger partial charge in [-0.05, 0) is 29.9 Å². The second-order valence-electron chi connectivity index (χ2n) is 7.52. The van der Waals surface area contributed by atoms with E-state index >= 15 is 0 Å². The number of hydrogen-bond acceptors (Lipinski definition) is 3. The van der Waals surface area contributed by atoms with Crippen molar-refractivity contribution >= 4 is 11.9 Å². The molecular weight excluding hydrogens is 306 g/mol. The van der Waals surface area contributed by atoms with Gasteiger partial charge >= 0.3 is 5.97 Å². The van der Waals surface area contributed by atoms with Crippen LogP contribution >= 0.6 is 0 Å². The van der Waals surface area contributed by atoms with Gasteiger partial charge in [-0.15, -0.1) is 0 Å². The smallest absolute Gasteiger partial charge is 0.334 e. The molecule has 0 aliphatic carbocycles. The van der Waals surface area contributed by atoms with Gasteiger partial charge in [0.05, 0.1) is 12.6 Å². The maximum absolute atomic E-state index is 12.4. The summed E-state index contributed by atoms with van der Waals surface area (Å²) in [5.41, 5.74) is 2.50. The maximum Gasteiger partial charge on any atom is 0.334 e. The first-order valence-electron chi connectivity index (χ1n) is 8.42. The number of morpholine rings is 1. The van der Waals surface area contributed by atoms with Crippen molar-refractivity contribution in [3.8, 4) is 0 Å². The number of nitrogens with zero attached hydrogens (tertiary/aromatic N) is 1. The van der Waals surface area contributed by atoms with E-state index in [1.54, 1.807) is 11.8 Å². The minimum absolute atomic E-state index is 0.0173. The summed E-state index contributed by atoms with van der Waals surface area (Å²) >= 11 is 0. The zero-order valence-corrected chi connectivity index (χ0v) is 14.9. The summed E-state index contributed by atoms with van der Waals surface area (Å²) in [7, 11) is 0. The molecule has 5 heteroatoms. The quantitative estimate of drug-likeness (QED) is 0.920. The third-order valence-electron chi connectivity index (χ3n) is 4.34. The number of rotatable bonds is 4. The summed E-state index contributed by atoms with van der Waals surface area (Å²) in [6, 6.07) is 8.35. The lowest BCUT2D eigenvalue weighted by Gasteiger charge is -2.35. The van der Waals surface area contributed by atoms with Crippen LogP contribution in [-0.2, 0) is 26.2 Å². The zero-order valence-electron chi connectivity index (χ0n) is 14.9. The van der Waals surface area contributed by atoms with E-state index in [0.717, 1.165) is 5.56 Å². The number of aliphatic carboxylic acids is 1. The number of ether oxygens (including phenoxy) is 1. The molecule has 132 valence electrons. The van der Waals surface area contributed by atoms with E-state index in [-0.39, 0.29) is 24.0 Å². The first kappa shape index (κ1) is 18.5. The fourth-order valence-corrected chi connectivity index (χ4v) is 2.87. The van der Waals surface area contributed by atoms with Crippen LogP contribution in [0.4, 0.5) is 0 Å². The van der Waals surface area contributed by atoms with Crippen molar-refractivity contribution in [2.24, 2.45) is 0 Å². The third-order valence-corrected chi connectivity index (χ3v) is 4.34. The molecule has 1 amide bonds. The van der Waals surface area contributed by atoms with Crippen molar-refractivity contribution in [3.63, 3.8) is 0 Å². The van der Waals surface area contributed by atoms with Crippen LogP contribution in [0.3, 0.4) is 0 Å². The molecular formula is C19H27NO4. The van der Waals surface area contributed by atoms with Gasteiger partial charge in [-0.25, -0.2) is 4.79 Å². The molecule has 2 rings (SSSR count). The van der Waals surface area contributed by atoms with Crippen LogP contribution in [-0.4, -0.2) is 47.2 Å². The van der Waals surface area contributed by atoms with Gasteiger partial charge in [0.2, 0.25) is 5.91 Å². The van der Waals surface area contributed by atoms with E-state index in [1.807, 2.05) is 0 Å². The number of amides is 1. The summed E-state index contributed by atoms with van der Waals surface area (Å²) in [6.45, 7) is 8.88. The van der Waals surface area contributed by atoms with E-state index in [2.05, 4.69) is 45.0 Å². The topological polar surface area (TPSA) is 66.8 Å². The Bertz CT molecular complexity index is 588. The van der Waals surface area contributed by atoms with E-state index in [0.29, 0.717) is 19.4 Å². The molecule has 1 aliphatic heterocycles. The monoisotopic (exact) mass is 333 g/mol. The summed E-state index contributed by atoms with van der Waals surface area (Å²) in [5, 5.41) is 9.09. The molecule has 1 fully saturated rings. The van der Waals surface area contributed by atoms with Crippen LogP contribution in [0.25, 0.3) is 0 Å². The molecule has 1 saturated heterocycles. The number of carboxylic acid groups (broad SMARTS) is 1. The predicted molar refractivity (Wildman–Crippen MR) is 92.0 cm³/mol. The number of carboxylic acids is 1. The Morgan fingerprint density at radius 1 is 1.21 bits per heavy atom. The molecule has 1 heterocycles. The lowest BCUT2D eigenvalue weighted by atomic mass is 9.86. The number of carbonyl (C=O) groups excluding carboxylic acids is 1. The molecule has 5 nitrogen and oxygen atoms in total. The lowest BCUT2D eigenvalue weighted by Crippen LogP contribution is -2.51. The average Bonchev–Trinajstić information content (AvgIpc) is 2.51. The standard InChI is InChI=1S/C19H27NO4/c1-13-11-20(12-16(24-13)18(22)23)17(21)10-7-14-5-8-15(9-6-14)19(2,3)4/h5-6,8-9,13,16H,7,10-12H2,1-4H3,(H,22,23)/t13-,16?/m1/s1.